The fourth-order valence-electron chi connectivity index (χ4n) is 4.40. The molecule has 1 aliphatic heterocycles. The van der Waals surface area contributed by atoms with Crippen LogP contribution in [0.4, 0.5) is 13.2 Å². The third-order valence-corrected chi connectivity index (χ3v) is 5.74. The third-order valence-electron chi connectivity index (χ3n) is 5.74. The Morgan fingerprint density at radius 3 is 2.50 bits per heavy atom. The van der Waals surface area contributed by atoms with E-state index < -0.39 is 11.7 Å². The van der Waals surface area contributed by atoms with Crippen molar-refractivity contribution in [2.24, 2.45) is 17.8 Å². The van der Waals surface area contributed by atoms with Crippen molar-refractivity contribution in [3.63, 3.8) is 0 Å². The van der Waals surface area contributed by atoms with Gasteiger partial charge in [-0.3, -0.25) is 9.59 Å². The lowest BCUT2D eigenvalue weighted by Crippen LogP contribution is -2.34. The molecule has 2 aliphatic rings. The Bertz CT molecular complexity index is 687. The number of nitrogens with zero attached hydrogens (tertiary/aromatic N) is 1. The number of carbonyl (C=O) groups is 2. The predicted octanol–water partition coefficient (Wildman–Crippen LogP) is 3.21. The number of halogens is 3. The smallest absolute Gasteiger partial charge is 0.356 e. The Morgan fingerprint density at radius 1 is 1.27 bits per heavy atom. The molecule has 26 heavy (non-hydrogen) atoms. The van der Waals surface area contributed by atoms with Crippen LogP contribution in [0.15, 0.2) is 24.3 Å². The number of likely N-dealkylation sites (tertiary alicyclic amines) is 1. The zero-order valence-corrected chi connectivity index (χ0v) is 14.8. The molecule has 142 valence electrons. The van der Waals surface area contributed by atoms with Crippen LogP contribution >= 0.6 is 0 Å². The lowest BCUT2D eigenvalue weighted by Gasteiger charge is -2.25. The molecule has 0 spiro atoms. The van der Waals surface area contributed by atoms with Crippen molar-refractivity contribution in [1.82, 2.24) is 10.2 Å². The average Bonchev–Trinajstić information content (AvgIpc) is 3.00. The number of hydrogen-bond donors (Lipinski definition) is 1. The van der Waals surface area contributed by atoms with Crippen LogP contribution in [-0.4, -0.2) is 29.3 Å². The fraction of sp³-hybridized carbons (Fsp3) is 0.579. The van der Waals surface area contributed by atoms with E-state index in [1.165, 1.54) is 19.1 Å². The van der Waals surface area contributed by atoms with Gasteiger partial charge < -0.3 is 10.2 Å². The van der Waals surface area contributed by atoms with E-state index in [9.17, 15) is 22.8 Å². The van der Waals surface area contributed by atoms with E-state index in [4.69, 9.17) is 0 Å². The van der Waals surface area contributed by atoms with Gasteiger partial charge in [-0.15, -0.1) is 0 Å². The number of alkyl halides is 3. The summed E-state index contributed by atoms with van der Waals surface area (Å²) in [5.74, 6) is 0.801. The molecule has 1 saturated carbocycles. The molecule has 1 aliphatic carbocycles. The second kappa shape index (κ2) is 6.93. The molecule has 2 amide bonds. The largest absolute Gasteiger partial charge is 0.416 e. The first-order valence-corrected chi connectivity index (χ1v) is 8.87. The van der Waals surface area contributed by atoms with Crippen LogP contribution in [0.2, 0.25) is 0 Å². The van der Waals surface area contributed by atoms with Gasteiger partial charge in [0.2, 0.25) is 11.8 Å². The molecule has 1 saturated heterocycles. The number of fused-ring (bicyclic) bond motifs is 1. The second-order valence-corrected chi connectivity index (χ2v) is 7.47. The van der Waals surface area contributed by atoms with Gasteiger partial charge >= 0.3 is 6.18 Å². The van der Waals surface area contributed by atoms with Gasteiger partial charge in [0, 0.05) is 32.5 Å². The van der Waals surface area contributed by atoms with Crippen LogP contribution in [0.3, 0.4) is 0 Å². The minimum absolute atomic E-state index is 0.0413. The molecule has 2 fully saturated rings. The number of nitrogens with one attached hydrogen (secondary N) is 1. The van der Waals surface area contributed by atoms with E-state index in [-0.39, 0.29) is 29.7 Å². The Kier molecular flexibility index (Phi) is 4.99. The first kappa shape index (κ1) is 18.7. The summed E-state index contributed by atoms with van der Waals surface area (Å²) in [6.07, 6.45) is -3.05. The minimum atomic E-state index is -4.36. The molecule has 0 aromatic heterocycles. The minimum Gasteiger partial charge on any atom is -0.356 e. The molecule has 1 aromatic rings. The molecule has 1 aromatic carbocycles. The van der Waals surface area contributed by atoms with Gasteiger partial charge in [-0.25, -0.2) is 0 Å². The summed E-state index contributed by atoms with van der Waals surface area (Å²) in [5.41, 5.74) is 0.0155. The van der Waals surface area contributed by atoms with E-state index in [1.54, 1.807) is 4.90 Å². The van der Waals surface area contributed by atoms with Crippen molar-refractivity contribution in [2.75, 3.05) is 6.54 Å². The fourth-order valence-corrected chi connectivity index (χ4v) is 4.40. The molecule has 3 rings (SSSR count). The quantitative estimate of drug-likeness (QED) is 0.887. The highest BCUT2D eigenvalue weighted by Gasteiger charge is 2.50. The summed E-state index contributed by atoms with van der Waals surface area (Å²) in [5, 5.41) is 2.85. The van der Waals surface area contributed by atoms with Crippen LogP contribution in [0.25, 0.3) is 0 Å². The highest BCUT2D eigenvalue weighted by Crippen LogP contribution is 2.46. The van der Waals surface area contributed by atoms with E-state index in [0.717, 1.165) is 18.6 Å². The molecule has 1 heterocycles. The molecule has 0 radical (unpaired) electrons. The Morgan fingerprint density at radius 2 is 1.92 bits per heavy atom. The monoisotopic (exact) mass is 368 g/mol. The van der Waals surface area contributed by atoms with Gasteiger partial charge in [-0.1, -0.05) is 19.1 Å². The normalized spacial score (nSPS) is 28.3. The number of amides is 2. The van der Waals surface area contributed by atoms with Crippen molar-refractivity contribution in [3.05, 3.63) is 35.4 Å². The first-order valence-electron chi connectivity index (χ1n) is 8.87. The predicted molar refractivity (Wildman–Crippen MR) is 89.8 cm³/mol. The molecule has 4 atom stereocenters. The van der Waals surface area contributed by atoms with Crippen LogP contribution in [0.1, 0.15) is 37.8 Å². The summed E-state index contributed by atoms with van der Waals surface area (Å²) in [7, 11) is 0. The van der Waals surface area contributed by atoms with Crippen LogP contribution in [0.5, 0.6) is 0 Å². The van der Waals surface area contributed by atoms with Crippen LogP contribution in [0, 0.1) is 17.8 Å². The first-order chi connectivity index (χ1) is 12.2. The molecule has 0 unspecified atom stereocenters. The van der Waals surface area contributed by atoms with Gasteiger partial charge in [-0.05, 0) is 41.9 Å². The van der Waals surface area contributed by atoms with Gasteiger partial charge in [0.05, 0.1) is 5.56 Å². The van der Waals surface area contributed by atoms with E-state index >= 15 is 0 Å². The summed E-state index contributed by atoms with van der Waals surface area (Å²) in [6, 6.07) is 5.10. The highest BCUT2D eigenvalue weighted by molar-refractivity contribution is 5.79. The maximum atomic E-state index is 12.7. The summed E-state index contributed by atoms with van der Waals surface area (Å²) in [4.78, 5) is 25.5. The van der Waals surface area contributed by atoms with E-state index in [2.05, 4.69) is 12.2 Å². The zero-order valence-electron chi connectivity index (χ0n) is 14.8. The number of rotatable bonds is 4. The van der Waals surface area contributed by atoms with Crippen molar-refractivity contribution in [3.8, 4) is 0 Å². The third kappa shape index (κ3) is 3.71. The Labute approximate surface area is 150 Å². The van der Waals surface area contributed by atoms with Gasteiger partial charge in [0.15, 0.2) is 0 Å². The Hall–Kier alpha value is -2.05. The lowest BCUT2D eigenvalue weighted by molar-refractivity contribution is -0.137. The number of benzene rings is 1. The molecule has 7 heteroatoms. The molecular weight excluding hydrogens is 345 g/mol. The standard InChI is InChI=1S/C19H23F3N2O2/c1-11-7-17-15(16(11)9-23-12(2)25)8-18(26)24(17)10-13-3-5-14(6-4-13)19(20,21)22/h3-6,11,15-17H,7-10H2,1-2H3,(H,23,25)/t11-,15-,16+,17+/m0/s1. The SMILES string of the molecule is CC(=O)NC[C@H]1[C@@H]2CC(=O)N(Cc3ccc(C(F)(F)F)cc3)[C@@H]2C[C@@H]1C. The van der Waals surface area contributed by atoms with Gasteiger partial charge in [0.1, 0.15) is 0 Å². The summed E-state index contributed by atoms with van der Waals surface area (Å²) in [6.45, 7) is 4.51. The number of carbonyl (C=O) groups excluding carboxylic acids is 2. The zero-order chi connectivity index (χ0) is 19.1. The summed E-state index contributed by atoms with van der Waals surface area (Å²) < 4.78 is 38.1. The second-order valence-electron chi connectivity index (χ2n) is 7.47. The van der Waals surface area contributed by atoms with Crippen molar-refractivity contribution in [2.45, 2.75) is 45.5 Å². The molecule has 0 bridgehead atoms. The maximum absolute atomic E-state index is 12.7. The lowest BCUT2D eigenvalue weighted by atomic mass is 9.88. The van der Waals surface area contributed by atoms with Crippen molar-refractivity contribution >= 4 is 11.8 Å². The summed E-state index contributed by atoms with van der Waals surface area (Å²) >= 11 is 0. The molecular formula is C19H23F3N2O2. The topological polar surface area (TPSA) is 49.4 Å². The van der Waals surface area contributed by atoms with Gasteiger partial charge in [-0.2, -0.15) is 13.2 Å². The van der Waals surface area contributed by atoms with Crippen LogP contribution in [-0.2, 0) is 22.3 Å². The number of hydrogen-bond acceptors (Lipinski definition) is 2. The highest BCUT2D eigenvalue weighted by atomic mass is 19.4. The molecule has 4 nitrogen and oxygen atoms in total. The molecule has 1 N–H and O–H groups in total. The maximum Gasteiger partial charge on any atom is 0.416 e. The van der Waals surface area contributed by atoms with E-state index in [0.29, 0.717) is 31.0 Å². The van der Waals surface area contributed by atoms with Crippen LogP contribution < -0.4 is 5.32 Å². The van der Waals surface area contributed by atoms with Crippen molar-refractivity contribution in [1.29, 1.82) is 0 Å². The van der Waals surface area contributed by atoms with E-state index in [1.807, 2.05) is 0 Å². The Balaban J connectivity index is 1.70. The van der Waals surface area contributed by atoms with Crippen molar-refractivity contribution < 1.29 is 22.8 Å². The average molecular weight is 368 g/mol. The van der Waals surface area contributed by atoms with Gasteiger partial charge in [0.25, 0.3) is 0 Å².